The van der Waals surface area contributed by atoms with E-state index in [-0.39, 0.29) is 5.69 Å². The first-order valence-electron chi connectivity index (χ1n) is 7.11. The molecule has 0 spiro atoms. The number of furan rings is 1. The number of fused-ring (bicyclic) bond motifs is 1. The van der Waals surface area contributed by atoms with Crippen molar-refractivity contribution >= 4 is 28.3 Å². The van der Waals surface area contributed by atoms with Crippen LogP contribution in [0.3, 0.4) is 0 Å². The second kappa shape index (κ2) is 5.50. The van der Waals surface area contributed by atoms with Crippen molar-refractivity contribution in [2.75, 3.05) is 0 Å². The second-order valence-corrected chi connectivity index (χ2v) is 5.62. The van der Waals surface area contributed by atoms with Gasteiger partial charge in [0.05, 0.1) is 21.5 Å². The molecule has 0 radical (unpaired) electrons. The summed E-state index contributed by atoms with van der Waals surface area (Å²) in [6, 6.07) is 15.2. The molecule has 0 fully saturated rings. The quantitative estimate of drug-likeness (QED) is 0.418. The van der Waals surface area contributed by atoms with Crippen molar-refractivity contribution < 1.29 is 9.34 Å². The Bertz CT molecular complexity index is 1070. The van der Waals surface area contributed by atoms with Crippen molar-refractivity contribution in [2.45, 2.75) is 0 Å². The number of hydrogen-bond acceptors (Lipinski definition) is 4. The molecule has 2 heterocycles. The van der Waals surface area contributed by atoms with Crippen LogP contribution in [-0.2, 0) is 0 Å². The number of para-hydroxylation sites is 1. The first-order valence-corrected chi connectivity index (χ1v) is 7.49. The Kier molecular flexibility index (Phi) is 3.32. The Morgan fingerprint density at radius 1 is 1.08 bits per heavy atom. The number of hydrogen-bond donors (Lipinski definition) is 1. The SMILES string of the molecule is O=[N+]([O-])c1ccccc1-c1ccc(-c2nc3ccc(Cl)cc3[nH]2)o1. The number of nitrogens with one attached hydrogen (secondary N) is 1. The number of benzene rings is 2. The third-order valence-corrected chi connectivity index (χ3v) is 3.88. The molecule has 0 aliphatic carbocycles. The molecule has 7 heteroatoms. The van der Waals surface area contributed by atoms with Gasteiger partial charge in [0.2, 0.25) is 0 Å². The lowest BCUT2D eigenvalue weighted by Crippen LogP contribution is -1.90. The van der Waals surface area contributed by atoms with Gasteiger partial charge >= 0.3 is 0 Å². The number of aromatic amines is 1. The predicted molar refractivity (Wildman–Crippen MR) is 90.9 cm³/mol. The minimum Gasteiger partial charge on any atom is -0.453 e. The fraction of sp³-hybridized carbons (Fsp3) is 0. The van der Waals surface area contributed by atoms with Gasteiger partial charge in [-0.15, -0.1) is 0 Å². The number of imidazole rings is 1. The van der Waals surface area contributed by atoms with Crippen LogP contribution < -0.4 is 0 Å². The standard InChI is InChI=1S/C17H10ClN3O3/c18-10-5-6-12-13(9-10)20-17(19-12)16-8-7-15(24-16)11-3-1-2-4-14(11)21(22)23/h1-9H,(H,19,20). The highest BCUT2D eigenvalue weighted by Gasteiger charge is 2.18. The highest BCUT2D eigenvalue weighted by molar-refractivity contribution is 6.31. The maximum absolute atomic E-state index is 11.2. The lowest BCUT2D eigenvalue weighted by molar-refractivity contribution is -0.384. The third-order valence-electron chi connectivity index (χ3n) is 3.65. The van der Waals surface area contributed by atoms with Gasteiger partial charge in [-0.2, -0.15) is 0 Å². The van der Waals surface area contributed by atoms with E-state index in [0.717, 1.165) is 11.0 Å². The fourth-order valence-corrected chi connectivity index (χ4v) is 2.72. The number of rotatable bonds is 3. The lowest BCUT2D eigenvalue weighted by atomic mass is 10.1. The zero-order chi connectivity index (χ0) is 16.7. The van der Waals surface area contributed by atoms with E-state index in [9.17, 15) is 10.1 Å². The minimum absolute atomic E-state index is 0.00483. The summed E-state index contributed by atoms with van der Waals surface area (Å²) in [6.07, 6.45) is 0. The molecule has 0 aliphatic rings. The van der Waals surface area contributed by atoms with E-state index in [1.807, 2.05) is 6.07 Å². The third kappa shape index (κ3) is 2.43. The van der Waals surface area contributed by atoms with Crippen molar-refractivity contribution in [2.24, 2.45) is 0 Å². The predicted octanol–water partition coefficient (Wildman–Crippen LogP) is 5.05. The molecule has 0 saturated heterocycles. The van der Waals surface area contributed by atoms with Crippen LogP contribution in [0.5, 0.6) is 0 Å². The average molecular weight is 340 g/mol. The smallest absolute Gasteiger partial charge is 0.280 e. The Morgan fingerprint density at radius 3 is 2.71 bits per heavy atom. The second-order valence-electron chi connectivity index (χ2n) is 5.19. The number of aromatic nitrogens is 2. The molecule has 0 aliphatic heterocycles. The molecule has 0 bridgehead atoms. The molecule has 0 amide bonds. The highest BCUT2D eigenvalue weighted by Crippen LogP contribution is 2.33. The Labute approximate surface area is 140 Å². The number of nitro groups is 1. The largest absolute Gasteiger partial charge is 0.453 e. The summed E-state index contributed by atoms with van der Waals surface area (Å²) in [5, 5.41) is 11.8. The van der Waals surface area contributed by atoms with Gasteiger partial charge in [-0.05, 0) is 36.4 Å². The summed E-state index contributed by atoms with van der Waals surface area (Å²) in [4.78, 5) is 18.3. The van der Waals surface area contributed by atoms with E-state index in [1.165, 1.54) is 6.07 Å². The maximum atomic E-state index is 11.2. The number of H-pyrrole nitrogens is 1. The molecule has 118 valence electrons. The van der Waals surface area contributed by atoms with E-state index in [4.69, 9.17) is 16.0 Å². The summed E-state index contributed by atoms with van der Waals surface area (Å²) in [6.45, 7) is 0. The normalized spacial score (nSPS) is 11.0. The molecule has 4 rings (SSSR count). The van der Waals surface area contributed by atoms with Crippen LogP contribution in [-0.4, -0.2) is 14.9 Å². The molecule has 24 heavy (non-hydrogen) atoms. The number of nitro benzene ring substituents is 1. The van der Waals surface area contributed by atoms with Crippen LogP contribution in [0.15, 0.2) is 59.0 Å². The van der Waals surface area contributed by atoms with Gasteiger partial charge in [-0.3, -0.25) is 10.1 Å². The van der Waals surface area contributed by atoms with Gasteiger partial charge in [0, 0.05) is 11.1 Å². The molecule has 0 unspecified atom stereocenters. The topological polar surface area (TPSA) is 85.0 Å². The number of halogens is 1. The van der Waals surface area contributed by atoms with Crippen LogP contribution in [0.25, 0.3) is 33.9 Å². The van der Waals surface area contributed by atoms with Gasteiger partial charge in [0.25, 0.3) is 5.69 Å². The molecular weight excluding hydrogens is 330 g/mol. The van der Waals surface area contributed by atoms with Crippen LogP contribution in [0.4, 0.5) is 5.69 Å². The lowest BCUT2D eigenvalue weighted by Gasteiger charge is -1.98. The van der Waals surface area contributed by atoms with Gasteiger partial charge in [0.1, 0.15) is 5.76 Å². The highest BCUT2D eigenvalue weighted by atomic mass is 35.5. The first-order chi connectivity index (χ1) is 11.6. The van der Waals surface area contributed by atoms with E-state index < -0.39 is 4.92 Å². The molecule has 0 atom stereocenters. The van der Waals surface area contributed by atoms with Gasteiger partial charge < -0.3 is 9.40 Å². The van der Waals surface area contributed by atoms with Crippen LogP contribution in [0.1, 0.15) is 0 Å². The minimum atomic E-state index is -0.430. The van der Waals surface area contributed by atoms with Crippen LogP contribution in [0, 0.1) is 10.1 Å². The van der Waals surface area contributed by atoms with E-state index in [2.05, 4.69) is 9.97 Å². The summed E-state index contributed by atoms with van der Waals surface area (Å²) in [5.74, 6) is 1.45. The van der Waals surface area contributed by atoms with Crippen molar-refractivity contribution in [1.82, 2.24) is 9.97 Å². The van der Waals surface area contributed by atoms with Crippen molar-refractivity contribution in [3.05, 3.63) is 69.7 Å². The molecular formula is C17H10ClN3O3. The van der Waals surface area contributed by atoms with E-state index >= 15 is 0 Å². The molecule has 4 aromatic rings. The fourth-order valence-electron chi connectivity index (χ4n) is 2.55. The molecule has 2 aromatic carbocycles. The summed E-state index contributed by atoms with van der Waals surface area (Å²) >= 11 is 5.97. The summed E-state index contributed by atoms with van der Waals surface area (Å²) in [7, 11) is 0. The zero-order valence-corrected chi connectivity index (χ0v) is 12.9. The Balaban J connectivity index is 1.78. The number of nitrogens with zero attached hydrogens (tertiary/aromatic N) is 2. The average Bonchev–Trinajstić information content (AvgIpc) is 3.20. The van der Waals surface area contributed by atoms with Crippen molar-refractivity contribution in [3.8, 4) is 22.9 Å². The summed E-state index contributed by atoms with van der Waals surface area (Å²) in [5.41, 5.74) is 1.97. The zero-order valence-electron chi connectivity index (χ0n) is 12.2. The first kappa shape index (κ1) is 14.5. The van der Waals surface area contributed by atoms with Gasteiger partial charge in [0.15, 0.2) is 11.6 Å². The van der Waals surface area contributed by atoms with Crippen molar-refractivity contribution in [1.29, 1.82) is 0 Å². The Hall–Kier alpha value is -3.12. The molecule has 1 N–H and O–H groups in total. The molecule has 0 saturated carbocycles. The summed E-state index contributed by atoms with van der Waals surface area (Å²) < 4.78 is 5.78. The van der Waals surface area contributed by atoms with Crippen LogP contribution >= 0.6 is 11.6 Å². The molecule has 6 nitrogen and oxygen atoms in total. The van der Waals surface area contributed by atoms with E-state index in [1.54, 1.807) is 42.5 Å². The van der Waals surface area contributed by atoms with E-state index in [0.29, 0.717) is 27.9 Å². The monoisotopic (exact) mass is 339 g/mol. The van der Waals surface area contributed by atoms with Crippen molar-refractivity contribution in [3.63, 3.8) is 0 Å². The Morgan fingerprint density at radius 2 is 1.88 bits per heavy atom. The maximum Gasteiger partial charge on any atom is 0.280 e. The molecule has 2 aromatic heterocycles. The van der Waals surface area contributed by atoms with Gasteiger partial charge in [-0.1, -0.05) is 23.7 Å². The van der Waals surface area contributed by atoms with Gasteiger partial charge in [-0.25, -0.2) is 4.98 Å². The van der Waals surface area contributed by atoms with Crippen LogP contribution in [0.2, 0.25) is 5.02 Å².